The highest BCUT2D eigenvalue weighted by atomic mass is 79.9. The van der Waals surface area contributed by atoms with Crippen LogP contribution in [0.5, 0.6) is 0 Å². The Balaban J connectivity index is 1.51. The highest BCUT2D eigenvalue weighted by Gasteiger charge is 2.45. The van der Waals surface area contributed by atoms with Gasteiger partial charge in [-0.05, 0) is 83.9 Å². The summed E-state index contributed by atoms with van der Waals surface area (Å²) in [5.74, 6) is 2.90. The third-order valence-electron chi connectivity index (χ3n) is 7.93. The van der Waals surface area contributed by atoms with Crippen molar-refractivity contribution >= 4 is 50.2 Å². The molecule has 1 N–H and O–H groups in total. The third-order valence-corrected chi connectivity index (χ3v) is 8.38. The van der Waals surface area contributed by atoms with E-state index in [9.17, 15) is 14.4 Å². The summed E-state index contributed by atoms with van der Waals surface area (Å²) < 4.78 is 2.15. The van der Waals surface area contributed by atoms with E-state index in [1.165, 1.54) is 6.92 Å². The summed E-state index contributed by atoms with van der Waals surface area (Å²) in [5.41, 5.74) is 4.22. The summed E-state index contributed by atoms with van der Waals surface area (Å²) in [4.78, 5) is 54.9. The molecule has 5 rings (SSSR count). The van der Waals surface area contributed by atoms with Crippen LogP contribution in [0.25, 0.3) is 22.0 Å². The Morgan fingerprint density at radius 1 is 1.09 bits per heavy atom. The van der Waals surface area contributed by atoms with Crippen molar-refractivity contribution in [2.45, 2.75) is 66.1 Å². The number of benzene rings is 1. The van der Waals surface area contributed by atoms with E-state index in [1.54, 1.807) is 28.0 Å². The number of fused-ring (bicyclic) bond motifs is 1. The van der Waals surface area contributed by atoms with E-state index in [0.29, 0.717) is 40.0 Å². The SMILES string of the molecule is C#CC[C@@H]1[C@@H](C)C[C@@H](C(=O)Nc2nc(Br)ccc2C)N1C(=O)Cn1nc(C(C)=O)c2cc(-c3cnc(C)nc3)cc(C)c21. The third kappa shape index (κ3) is 5.92. The van der Waals surface area contributed by atoms with Crippen molar-refractivity contribution in [2.75, 3.05) is 5.32 Å². The topological polar surface area (TPSA) is 123 Å². The highest BCUT2D eigenvalue weighted by molar-refractivity contribution is 9.10. The van der Waals surface area contributed by atoms with Crippen LogP contribution in [0.4, 0.5) is 5.82 Å². The van der Waals surface area contributed by atoms with Crippen LogP contribution in [0.2, 0.25) is 0 Å². The molecule has 1 fully saturated rings. The molecule has 4 heterocycles. The van der Waals surface area contributed by atoms with Gasteiger partial charge in [-0.3, -0.25) is 19.1 Å². The van der Waals surface area contributed by atoms with E-state index < -0.39 is 6.04 Å². The van der Waals surface area contributed by atoms with Gasteiger partial charge in [-0.1, -0.05) is 13.0 Å². The average molecular weight is 643 g/mol. The van der Waals surface area contributed by atoms with Crippen LogP contribution in [-0.4, -0.2) is 59.3 Å². The van der Waals surface area contributed by atoms with Gasteiger partial charge in [-0.15, -0.1) is 12.3 Å². The Morgan fingerprint density at radius 3 is 2.49 bits per heavy atom. The number of nitrogens with zero attached hydrogens (tertiary/aromatic N) is 6. The number of anilines is 1. The molecular weight excluding hydrogens is 610 g/mol. The number of carbonyl (C=O) groups excluding carboxylic acids is 3. The second kappa shape index (κ2) is 12.1. The number of pyridine rings is 1. The summed E-state index contributed by atoms with van der Waals surface area (Å²) >= 11 is 3.35. The van der Waals surface area contributed by atoms with Crippen molar-refractivity contribution in [3.8, 4) is 23.5 Å². The molecule has 1 aliphatic heterocycles. The molecule has 4 aromatic rings. The number of halogens is 1. The number of Topliss-reactive ketones (excluding diaryl/α,β-unsaturated/α-hetero) is 1. The first-order valence-corrected chi connectivity index (χ1v) is 14.8. The summed E-state index contributed by atoms with van der Waals surface area (Å²) in [6.45, 7) is 8.87. The molecule has 0 spiro atoms. The molecule has 0 radical (unpaired) electrons. The monoisotopic (exact) mass is 641 g/mol. The van der Waals surface area contributed by atoms with E-state index in [2.05, 4.69) is 47.2 Å². The summed E-state index contributed by atoms with van der Waals surface area (Å²) in [6, 6.07) is 6.42. The van der Waals surface area contributed by atoms with Crippen molar-refractivity contribution in [1.82, 2.24) is 29.6 Å². The Bertz CT molecular complexity index is 1790. The molecule has 10 nitrogen and oxygen atoms in total. The number of aromatic nitrogens is 5. The van der Waals surface area contributed by atoms with Gasteiger partial charge in [0.05, 0.1) is 5.52 Å². The molecule has 220 valence electrons. The lowest BCUT2D eigenvalue weighted by atomic mass is 9.99. The molecule has 3 atom stereocenters. The largest absolute Gasteiger partial charge is 0.325 e. The Kier molecular flexibility index (Phi) is 8.42. The number of aryl methyl sites for hydroxylation is 3. The smallest absolute Gasteiger partial charge is 0.248 e. The van der Waals surface area contributed by atoms with Gasteiger partial charge >= 0.3 is 0 Å². The molecule has 0 aliphatic carbocycles. The molecule has 1 aliphatic rings. The predicted molar refractivity (Wildman–Crippen MR) is 167 cm³/mol. The number of terminal acetylenes is 1. The predicted octanol–water partition coefficient (Wildman–Crippen LogP) is 5.05. The van der Waals surface area contributed by atoms with Crippen LogP contribution in [0.1, 0.15) is 54.1 Å². The number of hydrogen-bond acceptors (Lipinski definition) is 7. The van der Waals surface area contributed by atoms with Gasteiger partial charge in [0.25, 0.3) is 0 Å². The van der Waals surface area contributed by atoms with Crippen molar-refractivity contribution in [3.05, 3.63) is 63.9 Å². The molecule has 1 saturated heterocycles. The standard InChI is InChI=1S/C32H32BrN7O3/c1-7-8-25-18(3)12-26(32(43)37-31-17(2)9-10-27(33)36-31)40(25)28(42)16-39-30-19(4)11-22(23-14-34-21(6)35-15-23)13-24(30)29(38-39)20(5)41/h1,9-11,13-15,18,25-26H,8,12,16H2,2-6H3,(H,36,37,43)/t18-,25+,26-/m0/s1. The van der Waals surface area contributed by atoms with Gasteiger partial charge in [0.2, 0.25) is 11.8 Å². The highest BCUT2D eigenvalue weighted by Crippen LogP contribution is 2.34. The van der Waals surface area contributed by atoms with Gasteiger partial charge < -0.3 is 10.2 Å². The van der Waals surface area contributed by atoms with Crippen molar-refractivity contribution in [3.63, 3.8) is 0 Å². The van der Waals surface area contributed by atoms with E-state index in [-0.39, 0.29) is 41.8 Å². The Hall–Kier alpha value is -4.43. The fourth-order valence-corrected chi connectivity index (χ4v) is 6.10. The fourth-order valence-electron chi connectivity index (χ4n) is 5.79. The van der Waals surface area contributed by atoms with Gasteiger partial charge in [0.1, 0.15) is 34.5 Å². The van der Waals surface area contributed by atoms with Crippen LogP contribution in [-0.2, 0) is 16.1 Å². The maximum Gasteiger partial charge on any atom is 0.248 e. The minimum atomic E-state index is -0.746. The van der Waals surface area contributed by atoms with Crippen LogP contribution in [0, 0.1) is 39.0 Å². The van der Waals surface area contributed by atoms with Gasteiger partial charge in [0, 0.05) is 42.7 Å². The molecule has 0 unspecified atom stereocenters. The van der Waals surface area contributed by atoms with E-state index in [1.807, 2.05) is 45.9 Å². The van der Waals surface area contributed by atoms with Crippen LogP contribution < -0.4 is 5.32 Å². The maximum absolute atomic E-state index is 14.1. The zero-order valence-electron chi connectivity index (χ0n) is 24.7. The number of hydrogen-bond donors (Lipinski definition) is 1. The zero-order chi connectivity index (χ0) is 31.0. The number of rotatable bonds is 7. The Labute approximate surface area is 258 Å². The van der Waals surface area contributed by atoms with E-state index in [4.69, 9.17) is 6.42 Å². The normalized spacial score (nSPS) is 18.1. The number of likely N-dealkylation sites (tertiary alicyclic amines) is 1. The fraction of sp³-hybridized carbons (Fsp3) is 0.344. The summed E-state index contributed by atoms with van der Waals surface area (Å²) in [6.07, 6.45) is 9.94. The second-order valence-electron chi connectivity index (χ2n) is 11.1. The van der Waals surface area contributed by atoms with Crippen LogP contribution in [0.3, 0.4) is 0 Å². The van der Waals surface area contributed by atoms with Gasteiger partial charge in [-0.25, -0.2) is 15.0 Å². The molecule has 43 heavy (non-hydrogen) atoms. The molecule has 3 aromatic heterocycles. The molecule has 2 amide bonds. The van der Waals surface area contributed by atoms with E-state index >= 15 is 0 Å². The van der Waals surface area contributed by atoms with Gasteiger partial charge in [0.15, 0.2) is 5.78 Å². The Morgan fingerprint density at radius 2 is 1.81 bits per heavy atom. The van der Waals surface area contributed by atoms with Gasteiger partial charge in [-0.2, -0.15) is 5.10 Å². The molecular formula is C32H32BrN7O3. The van der Waals surface area contributed by atoms with Crippen LogP contribution in [0.15, 0.2) is 41.3 Å². The molecule has 11 heteroatoms. The van der Waals surface area contributed by atoms with Crippen molar-refractivity contribution in [2.24, 2.45) is 5.92 Å². The lowest BCUT2D eigenvalue weighted by Gasteiger charge is -2.30. The summed E-state index contributed by atoms with van der Waals surface area (Å²) in [7, 11) is 0. The van der Waals surface area contributed by atoms with Crippen molar-refractivity contribution in [1.29, 1.82) is 0 Å². The first-order chi connectivity index (χ1) is 20.5. The second-order valence-corrected chi connectivity index (χ2v) is 11.9. The lowest BCUT2D eigenvalue weighted by molar-refractivity contribution is -0.139. The molecule has 0 bridgehead atoms. The lowest BCUT2D eigenvalue weighted by Crippen LogP contribution is -2.48. The van der Waals surface area contributed by atoms with Crippen molar-refractivity contribution < 1.29 is 14.4 Å². The first-order valence-electron chi connectivity index (χ1n) is 14.0. The first kappa shape index (κ1) is 30.0. The average Bonchev–Trinajstić information content (AvgIpc) is 3.49. The minimum absolute atomic E-state index is 0.00418. The molecule has 1 aromatic carbocycles. The zero-order valence-corrected chi connectivity index (χ0v) is 26.3. The van der Waals surface area contributed by atoms with Crippen LogP contribution >= 0.6 is 15.9 Å². The minimum Gasteiger partial charge on any atom is -0.325 e. The number of ketones is 1. The number of carbonyl (C=O) groups is 3. The number of amides is 2. The summed E-state index contributed by atoms with van der Waals surface area (Å²) in [5, 5.41) is 8.13. The van der Waals surface area contributed by atoms with E-state index in [0.717, 1.165) is 22.3 Å². The number of nitrogens with one attached hydrogen (secondary N) is 1. The quantitative estimate of drug-likeness (QED) is 0.170. The molecule has 0 saturated carbocycles. The maximum atomic E-state index is 14.1.